The molecule has 3 nitrogen and oxygen atoms in total. The van der Waals surface area contributed by atoms with Crippen LogP contribution in [0, 0.1) is 3.57 Å². The number of aromatic nitrogens is 1. The van der Waals surface area contributed by atoms with Gasteiger partial charge >= 0.3 is 0 Å². The number of hydrogen-bond donors (Lipinski definition) is 0. The van der Waals surface area contributed by atoms with E-state index in [1.54, 1.807) is 11.3 Å². The Balaban J connectivity index is 1.63. The maximum atomic E-state index is 13.6. The summed E-state index contributed by atoms with van der Waals surface area (Å²) < 4.78 is 3.81. The minimum Gasteiger partial charge on any atom is -0.271 e. The average molecular weight is 552 g/mol. The smallest absolute Gasteiger partial charge is 0.271 e. The van der Waals surface area contributed by atoms with Crippen LogP contribution in [-0.2, 0) is 6.42 Å². The molecule has 2 aromatic carbocycles. The van der Waals surface area contributed by atoms with Gasteiger partial charge in [0.25, 0.3) is 5.56 Å². The Bertz CT molecular complexity index is 1530. The van der Waals surface area contributed by atoms with Crippen LogP contribution in [0.2, 0.25) is 0 Å². The van der Waals surface area contributed by atoms with E-state index in [4.69, 9.17) is 4.99 Å². The summed E-state index contributed by atoms with van der Waals surface area (Å²) in [6, 6.07) is 20.9. The first-order valence-corrected chi connectivity index (χ1v) is 12.9. The van der Waals surface area contributed by atoms with Crippen LogP contribution < -0.4 is 14.9 Å². The summed E-state index contributed by atoms with van der Waals surface area (Å²) in [6.45, 7) is 0. The number of rotatable bonds is 2. The molecule has 0 bridgehead atoms. The Morgan fingerprint density at radius 1 is 1.06 bits per heavy atom. The van der Waals surface area contributed by atoms with E-state index in [1.165, 1.54) is 32.9 Å². The van der Waals surface area contributed by atoms with Gasteiger partial charge in [-0.25, -0.2) is 4.99 Å². The third-order valence-corrected chi connectivity index (χ3v) is 8.41. The van der Waals surface area contributed by atoms with Gasteiger partial charge in [-0.3, -0.25) is 9.36 Å². The molecule has 1 aliphatic carbocycles. The number of nitrogens with zero attached hydrogens (tertiary/aromatic N) is 2. The van der Waals surface area contributed by atoms with Gasteiger partial charge in [0, 0.05) is 14.0 Å². The molecule has 2 aliphatic rings. The van der Waals surface area contributed by atoms with Crippen LogP contribution in [0.25, 0.3) is 11.8 Å². The summed E-state index contributed by atoms with van der Waals surface area (Å²) in [6.07, 6.45) is 3.91. The summed E-state index contributed by atoms with van der Waals surface area (Å²) in [5.74, 6) is 0. The van der Waals surface area contributed by atoms with Crippen molar-refractivity contribution in [1.82, 2.24) is 4.57 Å². The third kappa shape index (κ3) is 3.28. The number of halogens is 1. The van der Waals surface area contributed by atoms with Crippen molar-refractivity contribution in [1.29, 1.82) is 0 Å². The van der Waals surface area contributed by atoms with Gasteiger partial charge in [0.1, 0.15) is 0 Å². The molecule has 2 aromatic heterocycles. The van der Waals surface area contributed by atoms with Crippen molar-refractivity contribution in [3.63, 3.8) is 0 Å². The first-order chi connectivity index (χ1) is 15.2. The number of fused-ring (bicyclic) bond motifs is 3. The van der Waals surface area contributed by atoms with E-state index >= 15 is 0 Å². The molecule has 6 heteroatoms. The quantitative estimate of drug-likeness (QED) is 0.323. The van der Waals surface area contributed by atoms with E-state index in [1.807, 2.05) is 22.8 Å². The molecule has 6 rings (SSSR count). The predicted octanol–water partition coefficient (Wildman–Crippen LogP) is 4.98. The van der Waals surface area contributed by atoms with Crippen molar-refractivity contribution >= 4 is 57.0 Å². The van der Waals surface area contributed by atoms with Crippen molar-refractivity contribution in [3.05, 3.63) is 116 Å². The number of benzene rings is 2. The lowest BCUT2D eigenvalue weighted by atomic mass is 9.85. The molecule has 1 atom stereocenters. The molecule has 0 saturated heterocycles. The first-order valence-electron chi connectivity index (χ1n) is 10.1. The fourth-order valence-electron chi connectivity index (χ4n) is 4.47. The molecule has 3 heterocycles. The van der Waals surface area contributed by atoms with Crippen molar-refractivity contribution in [2.24, 2.45) is 4.99 Å². The summed E-state index contributed by atoms with van der Waals surface area (Å²) in [5, 5.41) is 2.09. The van der Waals surface area contributed by atoms with Crippen molar-refractivity contribution in [2.75, 3.05) is 0 Å². The van der Waals surface area contributed by atoms with Gasteiger partial charge in [-0.2, -0.15) is 0 Å². The lowest BCUT2D eigenvalue weighted by Gasteiger charge is -2.30. The Labute approximate surface area is 200 Å². The second kappa shape index (κ2) is 7.69. The highest BCUT2D eigenvalue weighted by Gasteiger charge is 2.32. The highest BCUT2D eigenvalue weighted by Crippen LogP contribution is 2.42. The zero-order valence-electron chi connectivity index (χ0n) is 16.4. The molecule has 4 aromatic rings. The van der Waals surface area contributed by atoms with Gasteiger partial charge in [-0.05, 0) is 81.8 Å². The van der Waals surface area contributed by atoms with Crippen LogP contribution in [0.5, 0.6) is 0 Å². The fraction of sp³-hybridized carbons (Fsp3) is 0.120. The Hall–Kier alpha value is -2.29. The van der Waals surface area contributed by atoms with E-state index in [-0.39, 0.29) is 11.6 Å². The topological polar surface area (TPSA) is 34.4 Å². The summed E-state index contributed by atoms with van der Waals surface area (Å²) in [7, 11) is 0. The largest absolute Gasteiger partial charge is 0.271 e. The molecule has 1 aliphatic heterocycles. The van der Waals surface area contributed by atoms with Gasteiger partial charge in [0.15, 0.2) is 4.80 Å². The lowest BCUT2D eigenvalue weighted by Crippen LogP contribution is -2.38. The van der Waals surface area contributed by atoms with E-state index in [2.05, 4.69) is 76.5 Å². The standard InChI is InChI=1S/C25H17IN2OS2/c26-17-7-3-5-15(13-17)14-21-24(29)28-23(20-9-4-12-30-20)19-11-10-16-6-1-2-8-18(16)22(19)27-25(28)31-21/h1-9,12-14,23H,10-11H2. The Morgan fingerprint density at radius 3 is 2.81 bits per heavy atom. The average Bonchev–Trinajstić information content (AvgIpc) is 3.41. The normalized spacial score (nSPS) is 17.7. The highest BCUT2D eigenvalue weighted by molar-refractivity contribution is 14.1. The van der Waals surface area contributed by atoms with Crippen LogP contribution >= 0.6 is 45.3 Å². The Kier molecular flexibility index (Phi) is 4.81. The second-order valence-electron chi connectivity index (χ2n) is 7.68. The lowest BCUT2D eigenvalue weighted by molar-refractivity contribution is 0.593. The van der Waals surface area contributed by atoms with E-state index < -0.39 is 0 Å². The molecule has 0 fully saturated rings. The fourth-order valence-corrected chi connectivity index (χ4v) is 6.88. The van der Waals surface area contributed by atoms with E-state index in [0.29, 0.717) is 0 Å². The van der Waals surface area contributed by atoms with Crippen molar-refractivity contribution < 1.29 is 0 Å². The molecule has 1 unspecified atom stereocenters. The molecule has 31 heavy (non-hydrogen) atoms. The predicted molar refractivity (Wildman–Crippen MR) is 136 cm³/mol. The van der Waals surface area contributed by atoms with Crippen LogP contribution in [0.3, 0.4) is 0 Å². The summed E-state index contributed by atoms with van der Waals surface area (Å²) >= 11 is 5.50. The number of thiazole rings is 1. The molecule has 0 spiro atoms. The minimum absolute atomic E-state index is 0.0476. The molecule has 0 amide bonds. The number of aryl methyl sites for hydroxylation is 1. The van der Waals surface area contributed by atoms with Gasteiger partial charge in [-0.15, -0.1) is 11.3 Å². The van der Waals surface area contributed by atoms with Gasteiger partial charge < -0.3 is 0 Å². The number of thiophene rings is 1. The SMILES string of the molecule is O=c1c(=Cc2cccc(I)c2)sc2n1C(c1cccs1)C1=C(N=2)c2ccccc2CC1. The maximum absolute atomic E-state index is 13.6. The highest BCUT2D eigenvalue weighted by atomic mass is 127. The molecule has 0 radical (unpaired) electrons. The van der Waals surface area contributed by atoms with Gasteiger partial charge in [0.2, 0.25) is 0 Å². The zero-order chi connectivity index (χ0) is 20.9. The second-order valence-corrected chi connectivity index (χ2v) is 10.9. The van der Waals surface area contributed by atoms with Gasteiger partial charge in [0.05, 0.1) is 16.3 Å². The number of hydrogen-bond acceptors (Lipinski definition) is 4. The van der Waals surface area contributed by atoms with E-state index in [0.717, 1.165) is 37.0 Å². The third-order valence-electron chi connectivity index (χ3n) is 5.83. The molecule has 0 N–H and O–H groups in total. The molecular formula is C25H17IN2OS2. The van der Waals surface area contributed by atoms with Crippen molar-refractivity contribution in [2.45, 2.75) is 18.9 Å². The van der Waals surface area contributed by atoms with Crippen LogP contribution in [0.4, 0.5) is 0 Å². The molecular weight excluding hydrogens is 535 g/mol. The van der Waals surface area contributed by atoms with Crippen LogP contribution in [-0.4, -0.2) is 4.57 Å². The summed E-state index contributed by atoms with van der Waals surface area (Å²) in [4.78, 5) is 20.6. The summed E-state index contributed by atoms with van der Waals surface area (Å²) in [5.41, 5.74) is 5.95. The zero-order valence-corrected chi connectivity index (χ0v) is 20.2. The van der Waals surface area contributed by atoms with Crippen LogP contribution in [0.1, 0.15) is 34.0 Å². The van der Waals surface area contributed by atoms with Gasteiger partial charge in [-0.1, -0.05) is 53.8 Å². The molecule has 0 saturated carbocycles. The van der Waals surface area contributed by atoms with E-state index in [9.17, 15) is 4.79 Å². The van der Waals surface area contributed by atoms with Crippen LogP contribution in [0.15, 0.2) is 81.4 Å². The minimum atomic E-state index is -0.0716. The van der Waals surface area contributed by atoms with Crippen molar-refractivity contribution in [3.8, 4) is 0 Å². The Morgan fingerprint density at radius 2 is 1.97 bits per heavy atom. The maximum Gasteiger partial charge on any atom is 0.271 e. The molecule has 152 valence electrons. The first kappa shape index (κ1) is 19.4. The number of allylic oxidation sites excluding steroid dienone is 1. The monoisotopic (exact) mass is 552 g/mol.